The van der Waals surface area contributed by atoms with E-state index in [2.05, 4.69) is 50.7 Å². The second-order valence-electron chi connectivity index (χ2n) is 8.11. The lowest BCUT2D eigenvalue weighted by atomic mass is 10.0. The van der Waals surface area contributed by atoms with E-state index in [-0.39, 0.29) is 5.97 Å². The van der Waals surface area contributed by atoms with Gasteiger partial charge < -0.3 is 10.1 Å². The number of rotatable bonds is 8. The summed E-state index contributed by atoms with van der Waals surface area (Å²) in [6, 6.07) is 15.1. The fourth-order valence-electron chi connectivity index (χ4n) is 4.11. The molecule has 0 saturated carbocycles. The number of hydrogen-bond acceptors (Lipinski definition) is 5. The maximum absolute atomic E-state index is 11.9. The van der Waals surface area contributed by atoms with Crippen molar-refractivity contribution in [3.63, 3.8) is 0 Å². The monoisotopic (exact) mass is 406 g/mol. The van der Waals surface area contributed by atoms with Crippen LogP contribution in [0.25, 0.3) is 10.9 Å². The van der Waals surface area contributed by atoms with Crippen molar-refractivity contribution in [2.45, 2.75) is 45.2 Å². The SMILES string of the molecule is CCCOC(=O)Cc1cccc(CN2CCCC(Nc3ccc4[nH]ncc4c3)C2)c1. The quantitative estimate of drug-likeness (QED) is 0.550. The van der Waals surface area contributed by atoms with Gasteiger partial charge in [0.05, 0.1) is 24.7 Å². The molecule has 2 N–H and O–H groups in total. The molecular formula is C24H30N4O2. The number of benzene rings is 2. The van der Waals surface area contributed by atoms with Crippen LogP contribution in [0.4, 0.5) is 5.69 Å². The third-order valence-corrected chi connectivity index (χ3v) is 5.53. The van der Waals surface area contributed by atoms with Crippen LogP contribution in [0, 0.1) is 0 Å². The van der Waals surface area contributed by atoms with Crippen LogP contribution in [0.5, 0.6) is 0 Å². The molecule has 158 valence electrons. The smallest absolute Gasteiger partial charge is 0.310 e. The van der Waals surface area contributed by atoms with E-state index in [1.165, 1.54) is 18.4 Å². The Morgan fingerprint density at radius 1 is 1.27 bits per heavy atom. The molecule has 0 aliphatic carbocycles. The Kier molecular flexibility index (Phi) is 6.64. The van der Waals surface area contributed by atoms with Crippen molar-refractivity contribution in [2.75, 3.05) is 25.0 Å². The molecule has 1 unspecified atom stereocenters. The average Bonchev–Trinajstić information content (AvgIpc) is 3.21. The molecule has 2 heterocycles. The molecule has 2 aromatic carbocycles. The zero-order valence-corrected chi connectivity index (χ0v) is 17.6. The zero-order valence-electron chi connectivity index (χ0n) is 17.6. The number of anilines is 1. The maximum atomic E-state index is 11.9. The van der Waals surface area contributed by atoms with Gasteiger partial charge in [0, 0.05) is 30.2 Å². The predicted molar refractivity (Wildman–Crippen MR) is 119 cm³/mol. The van der Waals surface area contributed by atoms with E-state index >= 15 is 0 Å². The van der Waals surface area contributed by atoms with Crippen LogP contribution >= 0.6 is 0 Å². The van der Waals surface area contributed by atoms with Crippen LogP contribution in [0.2, 0.25) is 0 Å². The summed E-state index contributed by atoms with van der Waals surface area (Å²) in [5.74, 6) is -0.147. The molecule has 1 aliphatic rings. The van der Waals surface area contributed by atoms with Crippen LogP contribution in [-0.2, 0) is 22.5 Å². The van der Waals surface area contributed by atoms with Gasteiger partial charge in [-0.25, -0.2) is 0 Å². The lowest BCUT2D eigenvalue weighted by Gasteiger charge is -2.33. The van der Waals surface area contributed by atoms with Gasteiger partial charge in [-0.15, -0.1) is 0 Å². The van der Waals surface area contributed by atoms with Crippen molar-refractivity contribution < 1.29 is 9.53 Å². The number of carbonyl (C=O) groups is 1. The molecule has 3 aromatic rings. The van der Waals surface area contributed by atoms with E-state index in [9.17, 15) is 4.79 Å². The molecule has 0 bridgehead atoms. The summed E-state index contributed by atoms with van der Waals surface area (Å²) in [5, 5.41) is 11.9. The first-order chi connectivity index (χ1) is 14.7. The van der Waals surface area contributed by atoms with Crippen LogP contribution in [0.1, 0.15) is 37.3 Å². The predicted octanol–water partition coefficient (Wildman–Crippen LogP) is 4.14. The van der Waals surface area contributed by atoms with Gasteiger partial charge in [-0.1, -0.05) is 31.2 Å². The molecule has 0 radical (unpaired) electrons. The van der Waals surface area contributed by atoms with Gasteiger partial charge in [-0.05, 0) is 55.1 Å². The number of fused-ring (bicyclic) bond motifs is 1. The number of hydrogen-bond donors (Lipinski definition) is 2. The lowest BCUT2D eigenvalue weighted by molar-refractivity contribution is -0.142. The molecule has 1 aromatic heterocycles. The number of nitrogens with one attached hydrogen (secondary N) is 2. The van der Waals surface area contributed by atoms with Crippen LogP contribution in [0.3, 0.4) is 0 Å². The van der Waals surface area contributed by atoms with Crippen molar-refractivity contribution in [2.24, 2.45) is 0 Å². The van der Waals surface area contributed by atoms with E-state index in [1.54, 1.807) is 0 Å². The number of H-pyrrole nitrogens is 1. The number of aromatic nitrogens is 2. The summed E-state index contributed by atoms with van der Waals surface area (Å²) in [6.07, 6.45) is 5.40. The molecule has 0 amide bonds. The Balaban J connectivity index is 1.33. The number of esters is 1. The number of piperidine rings is 1. The molecule has 6 nitrogen and oxygen atoms in total. The number of nitrogens with zero attached hydrogens (tertiary/aromatic N) is 2. The Labute approximate surface area is 177 Å². The second kappa shape index (κ2) is 9.76. The second-order valence-corrected chi connectivity index (χ2v) is 8.11. The zero-order chi connectivity index (χ0) is 20.8. The summed E-state index contributed by atoms with van der Waals surface area (Å²) in [6.45, 7) is 5.50. The minimum absolute atomic E-state index is 0.147. The maximum Gasteiger partial charge on any atom is 0.310 e. The molecule has 0 spiro atoms. The molecule has 1 saturated heterocycles. The minimum atomic E-state index is -0.147. The number of ether oxygens (including phenoxy) is 1. The van der Waals surface area contributed by atoms with E-state index in [0.29, 0.717) is 19.1 Å². The van der Waals surface area contributed by atoms with Gasteiger partial charge in [-0.3, -0.25) is 14.8 Å². The lowest BCUT2D eigenvalue weighted by Crippen LogP contribution is -2.41. The molecule has 1 fully saturated rings. The first-order valence-electron chi connectivity index (χ1n) is 10.8. The van der Waals surface area contributed by atoms with Gasteiger partial charge in [-0.2, -0.15) is 5.10 Å². The normalized spacial score (nSPS) is 17.2. The first-order valence-corrected chi connectivity index (χ1v) is 10.8. The number of carbonyl (C=O) groups excluding carboxylic acids is 1. The van der Waals surface area contributed by atoms with Crippen molar-refractivity contribution >= 4 is 22.6 Å². The summed E-state index contributed by atoms with van der Waals surface area (Å²) in [5.41, 5.74) is 4.47. The van der Waals surface area contributed by atoms with E-state index in [0.717, 1.165) is 48.2 Å². The number of likely N-dealkylation sites (tertiary alicyclic amines) is 1. The minimum Gasteiger partial charge on any atom is -0.465 e. The fourth-order valence-corrected chi connectivity index (χ4v) is 4.11. The summed E-state index contributed by atoms with van der Waals surface area (Å²) in [4.78, 5) is 14.4. The number of aromatic amines is 1. The fraction of sp³-hybridized carbons (Fsp3) is 0.417. The van der Waals surface area contributed by atoms with Crippen LogP contribution in [0.15, 0.2) is 48.7 Å². The van der Waals surface area contributed by atoms with E-state index in [4.69, 9.17) is 4.74 Å². The van der Waals surface area contributed by atoms with Crippen molar-refractivity contribution in [3.8, 4) is 0 Å². The van der Waals surface area contributed by atoms with Gasteiger partial charge in [0.25, 0.3) is 0 Å². The molecule has 1 atom stereocenters. The highest BCUT2D eigenvalue weighted by Crippen LogP contribution is 2.21. The van der Waals surface area contributed by atoms with Crippen LogP contribution in [-0.4, -0.2) is 46.8 Å². The van der Waals surface area contributed by atoms with E-state index < -0.39 is 0 Å². The molecule has 6 heteroatoms. The standard InChI is InChI=1S/C24H30N4O2/c1-2-11-30-24(29)13-18-5-3-6-19(12-18)16-28-10-4-7-22(17-28)26-21-8-9-23-20(14-21)15-25-27-23/h3,5-6,8-9,12,14-15,22,26H,2,4,7,10-11,13,16-17H2,1H3,(H,25,27). The summed E-state index contributed by atoms with van der Waals surface area (Å²) >= 11 is 0. The molecule has 30 heavy (non-hydrogen) atoms. The molecule has 4 rings (SSSR count). The van der Waals surface area contributed by atoms with Gasteiger partial charge in [0.2, 0.25) is 0 Å². The van der Waals surface area contributed by atoms with Gasteiger partial charge in [0.1, 0.15) is 0 Å². The highest BCUT2D eigenvalue weighted by molar-refractivity contribution is 5.81. The average molecular weight is 407 g/mol. The Bertz CT molecular complexity index is 984. The third kappa shape index (κ3) is 5.39. The Morgan fingerprint density at radius 2 is 2.17 bits per heavy atom. The Morgan fingerprint density at radius 3 is 3.07 bits per heavy atom. The van der Waals surface area contributed by atoms with Crippen molar-refractivity contribution in [1.82, 2.24) is 15.1 Å². The van der Waals surface area contributed by atoms with Gasteiger partial charge >= 0.3 is 5.97 Å². The molecule has 1 aliphatic heterocycles. The highest BCUT2D eigenvalue weighted by atomic mass is 16.5. The molecular weight excluding hydrogens is 376 g/mol. The third-order valence-electron chi connectivity index (χ3n) is 5.53. The Hall–Kier alpha value is -2.86. The summed E-state index contributed by atoms with van der Waals surface area (Å²) in [7, 11) is 0. The van der Waals surface area contributed by atoms with E-state index in [1.807, 2.05) is 25.3 Å². The topological polar surface area (TPSA) is 70.2 Å². The van der Waals surface area contributed by atoms with Crippen molar-refractivity contribution in [1.29, 1.82) is 0 Å². The largest absolute Gasteiger partial charge is 0.465 e. The van der Waals surface area contributed by atoms with Crippen LogP contribution < -0.4 is 5.32 Å². The first kappa shape index (κ1) is 20.4. The highest BCUT2D eigenvalue weighted by Gasteiger charge is 2.20. The van der Waals surface area contributed by atoms with Gasteiger partial charge in [0.15, 0.2) is 0 Å². The summed E-state index contributed by atoms with van der Waals surface area (Å²) < 4.78 is 5.21. The van der Waals surface area contributed by atoms with Crippen molar-refractivity contribution in [3.05, 3.63) is 59.8 Å².